The van der Waals surface area contributed by atoms with Gasteiger partial charge in [0.15, 0.2) is 0 Å². The van der Waals surface area contributed by atoms with E-state index in [0.29, 0.717) is 12.2 Å². The number of benzene rings is 2. The minimum atomic E-state index is -3.76. The Hall–Kier alpha value is -2.38. The molecule has 2 aromatic carbocycles. The van der Waals surface area contributed by atoms with Gasteiger partial charge in [-0.3, -0.25) is 9.10 Å². The van der Waals surface area contributed by atoms with E-state index in [-0.39, 0.29) is 29.2 Å². The van der Waals surface area contributed by atoms with Crippen LogP contribution in [0.5, 0.6) is 0 Å². The first kappa shape index (κ1) is 22.8. The SMILES string of the molecule is CCc1ccc(N(CC(C)C)S(=O)(=O)c2ccc3c(c2)CC(=O)N3C2CCNCC2)cc1. The molecule has 1 saturated heterocycles. The molecule has 1 amide bonds. The van der Waals surface area contributed by atoms with E-state index in [1.807, 2.05) is 49.1 Å². The molecule has 2 heterocycles. The maximum Gasteiger partial charge on any atom is 0.264 e. The van der Waals surface area contributed by atoms with Gasteiger partial charge >= 0.3 is 0 Å². The van der Waals surface area contributed by atoms with Crippen molar-refractivity contribution in [2.24, 2.45) is 5.92 Å². The minimum Gasteiger partial charge on any atom is -0.317 e. The van der Waals surface area contributed by atoms with Crippen molar-refractivity contribution in [3.63, 3.8) is 0 Å². The third-order valence-electron chi connectivity index (χ3n) is 6.35. The monoisotopic (exact) mass is 455 g/mol. The third kappa shape index (κ3) is 4.41. The van der Waals surface area contributed by atoms with Gasteiger partial charge in [-0.2, -0.15) is 0 Å². The number of piperidine rings is 1. The first-order chi connectivity index (χ1) is 15.3. The number of nitrogens with one attached hydrogen (secondary N) is 1. The lowest BCUT2D eigenvalue weighted by atomic mass is 10.0. The number of amides is 1. The predicted molar refractivity (Wildman–Crippen MR) is 129 cm³/mol. The molecule has 2 aliphatic heterocycles. The second kappa shape index (κ2) is 9.24. The standard InChI is InChI=1S/C25H33N3O3S/c1-4-19-5-7-21(8-6-19)27(17-18(2)3)32(30,31)23-9-10-24-20(15-23)16-25(29)28(24)22-11-13-26-14-12-22/h5-10,15,18,22,26H,4,11-14,16-17H2,1-3H3. The molecule has 0 bridgehead atoms. The van der Waals surface area contributed by atoms with E-state index in [4.69, 9.17) is 0 Å². The van der Waals surface area contributed by atoms with Gasteiger partial charge in [0.25, 0.3) is 10.0 Å². The molecule has 6 nitrogen and oxygen atoms in total. The summed E-state index contributed by atoms with van der Waals surface area (Å²) in [5, 5.41) is 3.33. The molecule has 0 radical (unpaired) electrons. The van der Waals surface area contributed by atoms with Crippen LogP contribution in [-0.4, -0.2) is 40.0 Å². The Morgan fingerprint density at radius 1 is 1.09 bits per heavy atom. The van der Waals surface area contributed by atoms with Crippen molar-refractivity contribution in [3.8, 4) is 0 Å². The Morgan fingerprint density at radius 2 is 1.78 bits per heavy atom. The maximum atomic E-state index is 13.7. The molecule has 1 N–H and O–H groups in total. The highest BCUT2D eigenvalue weighted by atomic mass is 32.2. The van der Waals surface area contributed by atoms with Crippen LogP contribution in [0.15, 0.2) is 47.4 Å². The fraction of sp³-hybridized carbons (Fsp3) is 0.480. The van der Waals surface area contributed by atoms with Gasteiger partial charge in [-0.25, -0.2) is 8.42 Å². The number of fused-ring (bicyclic) bond motifs is 1. The van der Waals surface area contributed by atoms with Crippen LogP contribution in [0.2, 0.25) is 0 Å². The molecule has 0 atom stereocenters. The number of nitrogens with zero attached hydrogens (tertiary/aromatic N) is 2. The second-order valence-electron chi connectivity index (χ2n) is 9.16. The van der Waals surface area contributed by atoms with E-state index in [1.165, 1.54) is 9.87 Å². The molecule has 32 heavy (non-hydrogen) atoms. The molecule has 1 fully saturated rings. The fourth-order valence-electron chi connectivity index (χ4n) is 4.65. The Labute approximate surface area is 191 Å². The van der Waals surface area contributed by atoms with Crippen molar-refractivity contribution in [1.82, 2.24) is 5.32 Å². The number of carbonyl (C=O) groups excluding carboxylic acids is 1. The van der Waals surface area contributed by atoms with Gasteiger partial charge in [0.1, 0.15) is 0 Å². The highest BCUT2D eigenvalue weighted by Gasteiger charge is 2.35. The van der Waals surface area contributed by atoms with Crippen LogP contribution in [0.4, 0.5) is 11.4 Å². The van der Waals surface area contributed by atoms with Gasteiger partial charge in [0.05, 0.1) is 17.0 Å². The Bertz CT molecular complexity index is 1070. The van der Waals surface area contributed by atoms with E-state index >= 15 is 0 Å². The van der Waals surface area contributed by atoms with Gasteiger partial charge in [-0.05, 0) is 79.7 Å². The number of rotatable bonds is 7. The number of carbonyl (C=O) groups is 1. The quantitative estimate of drug-likeness (QED) is 0.691. The number of hydrogen-bond donors (Lipinski definition) is 1. The maximum absolute atomic E-state index is 13.7. The molecule has 4 rings (SSSR count). The first-order valence-corrected chi connectivity index (χ1v) is 13.0. The van der Waals surface area contributed by atoms with Crippen LogP contribution in [-0.2, 0) is 27.7 Å². The largest absolute Gasteiger partial charge is 0.317 e. The van der Waals surface area contributed by atoms with Crippen LogP contribution in [0.25, 0.3) is 0 Å². The summed E-state index contributed by atoms with van der Waals surface area (Å²) in [5.41, 5.74) is 3.51. The van der Waals surface area contributed by atoms with Crippen LogP contribution in [0.3, 0.4) is 0 Å². The van der Waals surface area contributed by atoms with Gasteiger partial charge in [-0.1, -0.05) is 32.9 Å². The zero-order valence-corrected chi connectivity index (χ0v) is 20.0. The lowest BCUT2D eigenvalue weighted by molar-refractivity contribution is -0.117. The first-order valence-electron chi connectivity index (χ1n) is 11.6. The summed E-state index contributed by atoms with van der Waals surface area (Å²) in [5.74, 6) is 0.234. The summed E-state index contributed by atoms with van der Waals surface area (Å²) >= 11 is 0. The molecule has 0 aromatic heterocycles. The normalized spacial score (nSPS) is 17.1. The lowest BCUT2D eigenvalue weighted by Gasteiger charge is -2.32. The van der Waals surface area contributed by atoms with Gasteiger partial charge in [0.2, 0.25) is 5.91 Å². The molecular formula is C25H33N3O3S. The molecule has 2 aromatic rings. The van der Waals surface area contributed by atoms with E-state index in [9.17, 15) is 13.2 Å². The van der Waals surface area contributed by atoms with Crippen molar-refractivity contribution in [2.45, 2.75) is 57.4 Å². The fourth-order valence-corrected chi connectivity index (χ4v) is 6.33. The molecule has 7 heteroatoms. The third-order valence-corrected chi connectivity index (χ3v) is 8.14. The number of hydrogen-bond acceptors (Lipinski definition) is 4. The van der Waals surface area contributed by atoms with Crippen LogP contribution in [0, 0.1) is 5.92 Å². The van der Waals surface area contributed by atoms with Gasteiger partial charge in [0, 0.05) is 18.3 Å². The summed E-state index contributed by atoms with van der Waals surface area (Å²) < 4.78 is 28.9. The highest BCUT2D eigenvalue weighted by molar-refractivity contribution is 7.92. The number of sulfonamides is 1. The average molecular weight is 456 g/mol. The van der Waals surface area contributed by atoms with Gasteiger partial charge < -0.3 is 10.2 Å². The van der Waals surface area contributed by atoms with Crippen molar-refractivity contribution >= 4 is 27.3 Å². The van der Waals surface area contributed by atoms with E-state index in [1.54, 1.807) is 12.1 Å². The molecule has 0 aliphatic carbocycles. The lowest BCUT2D eigenvalue weighted by Crippen LogP contribution is -2.44. The van der Waals surface area contributed by atoms with Crippen molar-refractivity contribution in [1.29, 1.82) is 0 Å². The molecular weight excluding hydrogens is 422 g/mol. The van der Waals surface area contributed by atoms with Crippen molar-refractivity contribution in [3.05, 3.63) is 53.6 Å². The van der Waals surface area contributed by atoms with E-state index < -0.39 is 10.0 Å². The molecule has 0 spiro atoms. The minimum absolute atomic E-state index is 0.0654. The smallest absolute Gasteiger partial charge is 0.264 e. The van der Waals surface area contributed by atoms with E-state index in [2.05, 4.69) is 12.2 Å². The summed E-state index contributed by atoms with van der Waals surface area (Å²) in [6, 6.07) is 13.1. The molecule has 0 saturated carbocycles. The summed E-state index contributed by atoms with van der Waals surface area (Å²) in [7, 11) is -3.76. The summed E-state index contributed by atoms with van der Waals surface area (Å²) in [6.07, 6.45) is 3.00. The molecule has 172 valence electrons. The van der Waals surface area contributed by atoms with Crippen LogP contribution >= 0.6 is 0 Å². The Morgan fingerprint density at radius 3 is 2.41 bits per heavy atom. The summed E-state index contributed by atoms with van der Waals surface area (Å²) in [6.45, 7) is 8.30. The average Bonchev–Trinajstić information content (AvgIpc) is 3.12. The molecule has 2 aliphatic rings. The number of anilines is 2. The highest BCUT2D eigenvalue weighted by Crippen LogP contribution is 2.36. The Balaban J connectivity index is 1.68. The van der Waals surface area contributed by atoms with Gasteiger partial charge in [-0.15, -0.1) is 0 Å². The zero-order valence-electron chi connectivity index (χ0n) is 19.2. The van der Waals surface area contributed by atoms with Crippen LogP contribution < -0.4 is 14.5 Å². The summed E-state index contributed by atoms with van der Waals surface area (Å²) in [4.78, 5) is 14.9. The van der Waals surface area contributed by atoms with Crippen molar-refractivity contribution < 1.29 is 13.2 Å². The molecule has 0 unspecified atom stereocenters. The van der Waals surface area contributed by atoms with Crippen LogP contribution in [0.1, 0.15) is 44.7 Å². The topological polar surface area (TPSA) is 69.7 Å². The van der Waals surface area contributed by atoms with Crippen molar-refractivity contribution in [2.75, 3.05) is 28.8 Å². The second-order valence-corrected chi connectivity index (χ2v) is 11.0. The Kier molecular flexibility index (Phi) is 6.58. The predicted octanol–water partition coefficient (Wildman–Crippen LogP) is 3.74. The zero-order chi connectivity index (χ0) is 22.9. The van der Waals surface area contributed by atoms with E-state index in [0.717, 1.165) is 43.6 Å². The number of aryl methyl sites for hydroxylation is 1.